The van der Waals surface area contributed by atoms with Gasteiger partial charge in [-0.2, -0.15) is 0 Å². The van der Waals surface area contributed by atoms with Crippen molar-refractivity contribution in [3.63, 3.8) is 0 Å². The van der Waals surface area contributed by atoms with Gasteiger partial charge in [0.2, 0.25) is 0 Å². The molecular weight excluding hydrogens is 352 g/mol. The number of hydrogen-bond donors (Lipinski definition) is 0. The molecule has 0 N–H and O–H groups in total. The summed E-state index contributed by atoms with van der Waals surface area (Å²) in [5.41, 5.74) is 3.40. The Morgan fingerprint density at radius 2 is 0.862 bits per heavy atom. The second kappa shape index (κ2) is 17.8. The molecule has 0 amide bonds. The zero-order chi connectivity index (χ0) is 21.2. The van der Waals surface area contributed by atoms with Gasteiger partial charge in [0, 0.05) is 0 Å². The first-order valence-electron chi connectivity index (χ1n) is 13.0. The van der Waals surface area contributed by atoms with Gasteiger partial charge in [-0.05, 0) is 42.4 Å². The number of hydrogen-bond acceptors (Lipinski definition) is 0. The van der Waals surface area contributed by atoms with Crippen LogP contribution < -0.4 is 0 Å². The van der Waals surface area contributed by atoms with Gasteiger partial charge in [0.05, 0.1) is 0 Å². The van der Waals surface area contributed by atoms with Crippen LogP contribution >= 0.6 is 0 Å². The van der Waals surface area contributed by atoms with E-state index in [0.29, 0.717) is 0 Å². The van der Waals surface area contributed by atoms with Crippen LogP contribution in [0.1, 0.15) is 140 Å². The molecule has 0 fully saturated rings. The molecule has 0 aromatic heterocycles. The molecule has 0 saturated heterocycles. The Bertz CT molecular complexity index is 480. The summed E-state index contributed by atoms with van der Waals surface area (Å²) in [4.78, 5) is 0. The second-order valence-corrected chi connectivity index (χ2v) is 9.00. The lowest BCUT2D eigenvalue weighted by atomic mass is 9.97. The van der Waals surface area contributed by atoms with Crippen molar-refractivity contribution in [3.05, 3.63) is 28.8 Å². The van der Waals surface area contributed by atoms with Crippen LogP contribution in [0.3, 0.4) is 0 Å². The maximum Gasteiger partial charge on any atom is 0.184 e. The molecule has 1 rings (SSSR count). The van der Waals surface area contributed by atoms with Gasteiger partial charge in [0.25, 0.3) is 0 Å². The first-order valence-corrected chi connectivity index (χ1v) is 13.0. The highest BCUT2D eigenvalue weighted by atomic mass is 16.3. The van der Waals surface area contributed by atoms with Crippen molar-refractivity contribution in [2.45, 2.75) is 143 Å². The maximum absolute atomic E-state index is 12.2. The van der Waals surface area contributed by atoms with E-state index in [1.165, 1.54) is 108 Å². The summed E-state index contributed by atoms with van der Waals surface area (Å²) in [5.74, 6) is 0.283. The normalized spacial score (nSPS) is 11.3. The summed E-state index contributed by atoms with van der Waals surface area (Å²) in [6.45, 7) is 6.47. The SMILES string of the molecule is CCCCCCCCCCCCCCCCCCc1cc(CC)c([O])c(CC)c1. The third-order valence-electron chi connectivity index (χ3n) is 6.38. The van der Waals surface area contributed by atoms with Crippen molar-refractivity contribution >= 4 is 0 Å². The van der Waals surface area contributed by atoms with Crippen LogP contribution in [0.15, 0.2) is 12.1 Å². The summed E-state index contributed by atoms with van der Waals surface area (Å²) in [7, 11) is 0. The van der Waals surface area contributed by atoms with Gasteiger partial charge in [-0.25, -0.2) is 0 Å². The van der Waals surface area contributed by atoms with Gasteiger partial charge in [-0.15, -0.1) is 0 Å². The molecule has 167 valence electrons. The minimum Gasteiger partial charge on any atom is -0.289 e. The van der Waals surface area contributed by atoms with E-state index in [-0.39, 0.29) is 5.75 Å². The average Bonchev–Trinajstić information content (AvgIpc) is 2.74. The fourth-order valence-corrected chi connectivity index (χ4v) is 4.37. The van der Waals surface area contributed by atoms with Crippen LogP contribution in [0.4, 0.5) is 0 Å². The number of aryl methyl sites for hydroxylation is 3. The minimum absolute atomic E-state index is 0.283. The van der Waals surface area contributed by atoms with Crippen LogP contribution in [0, 0.1) is 0 Å². The molecule has 0 spiro atoms. The van der Waals surface area contributed by atoms with Crippen LogP contribution in [-0.4, -0.2) is 0 Å². The van der Waals surface area contributed by atoms with Crippen molar-refractivity contribution < 1.29 is 5.11 Å². The van der Waals surface area contributed by atoms with Gasteiger partial charge in [0.1, 0.15) is 0 Å². The number of benzene rings is 1. The highest BCUT2D eigenvalue weighted by molar-refractivity contribution is 5.43. The Kier molecular flexibility index (Phi) is 16.0. The van der Waals surface area contributed by atoms with E-state index in [2.05, 4.69) is 32.9 Å². The van der Waals surface area contributed by atoms with Crippen LogP contribution in [-0.2, 0) is 24.4 Å². The molecule has 29 heavy (non-hydrogen) atoms. The van der Waals surface area contributed by atoms with Crippen LogP contribution in [0.2, 0.25) is 0 Å². The first kappa shape index (κ1) is 26.1. The Morgan fingerprint density at radius 3 is 1.21 bits per heavy atom. The lowest BCUT2D eigenvalue weighted by Gasteiger charge is -2.09. The highest BCUT2D eigenvalue weighted by Crippen LogP contribution is 2.27. The maximum atomic E-state index is 12.2. The van der Waals surface area contributed by atoms with Crippen LogP contribution in [0.25, 0.3) is 0 Å². The molecule has 1 nitrogen and oxygen atoms in total. The van der Waals surface area contributed by atoms with Crippen molar-refractivity contribution in [2.75, 3.05) is 0 Å². The molecule has 0 heterocycles. The third kappa shape index (κ3) is 12.3. The standard InChI is InChI=1S/C28H49O/c1-4-7-8-9-10-11-12-13-14-15-16-17-18-19-20-21-22-25-23-26(5-2)28(29)27(6-3)24-25/h23-24H,4-22H2,1-3H3. The lowest BCUT2D eigenvalue weighted by molar-refractivity contribution is 0.345. The van der Waals surface area contributed by atoms with E-state index in [9.17, 15) is 5.11 Å². The zero-order valence-corrected chi connectivity index (χ0v) is 20.0. The molecule has 0 unspecified atom stereocenters. The monoisotopic (exact) mass is 401 g/mol. The molecule has 0 atom stereocenters. The van der Waals surface area contributed by atoms with E-state index in [4.69, 9.17) is 0 Å². The van der Waals surface area contributed by atoms with Crippen molar-refractivity contribution in [1.82, 2.24) is 0 Å². The molecule has 1 aromatic rings. The Hall–Kier alpha value is -0.980. The predicted octanol–water partition coefficient (Wildman–Crippen LogP) is 9.76. The van der Waals surface area contributed by atoms with Crippen molar-refractivity contribution in [2.24, 2.45) is 0 Å². The smallest absolute Gasteiger partial charge is 0.184 e. The van der Waals surface area contributed by atoms with E-state index in [1.807, 2.05) is 0 Å². The van der Waals surface area contributed by atoms with Gasteiger partial charge in [0.15, 0.2) is 5.75 Å². The predicted molar refractivity (Wildman–Crippen MR) is 129 cm³/mol. The van der Waals surface area contributed by atoms with E-state index >= 15 is 0 Å². The molecule has 1 radical (unpaired) electrons. The van der Waals surface area contributed by atoms with Crippen LogP contribution in [0.5, 0.6) is 5.75 Å². The average molecular weight is 402 g/mol. The van der Waals surface area contributed by atoms with E-state index in [0.717, 1.165) is 30.4 Å². The highest BCUT2D eigenvalue weighted by Gasteiger charge is 2.09. The quantitative estimate of drug-likeness (QED) is 0.205. The molecule has 0 aliphatic heterocycles. The molecule has 0 aliphatic rings. The fourth-order valence-electron chi connectivity index (χ4n) is 4.37. The summed E-state index contributed by atoms with van der Waals surface area (Å²) in [6, 6.07) is 4.32. The van der Waals surface area contributed by atoms with Gasteiger partial charge in [-0.1, -0.05) is 129 Å². The largest absolute Gasteiger partial charge is 0.289 e. The van der Waals surface area contributed by atoms with Crippen molar-refractivity contribution in [1.29, 1.82) is 0 Å². The molecule has 0 aliphatic carbocycles. The Labute approximate surface area is 182 Å². The number of rotatable bonds is 19. The fraction of sp³-hybridized carbons (Fsp3) is 0.786. The molecule has 0 saturated carbocycles. The van der Waals surface area contributed by atoms with Gasteiger partial charge < -0.3 is 0 Å². The van der Waals surface area contributed by atoms with E-state index in [1.54, 1.807) is 0 Å². The molecular formula is C28H49O. The molecule has 1 heteroatoms. The van der Waals surface area contributed by atoms with E-state index < -0.39 is 0 Å². The summed E-state index contributed by atoms with van der Waals surface area (Å²) in [6.07, 6.45) is 25.5. The topological polar surface area (TPSA) is 19.9 Å². The van der Waals surface area contributed by atoms with Gasteiger partial charge >= 0.3 is 0 Å². The Morgan fingerprint density at radius 1 is 0.517 bits per heavy atom. The summed E-state index contributed by atoms with van der Waals surface area (Å²) >= 11 is 0. The Balaban J connectivity index is 1.94. The van der Waals surface area contributed by atoms with Gasteiger partial charge in [-0.3, -0.25) is 5.11 Å². The first-order chi connectivity index (χ1) is 14.2. The third-order valence-corrected chi connectivity index (χ3v) is 6.38. The molecule has 0 bridgehead atoms. The minimum atomic E-state index is 0.283. The number of unbranched alkanes of at least 4 members (excludes halogenated alkanes) is 15. The van der Waals surface area contributed by atoms with Crippen molar-refractivity contribution in [3.8, 4) is 5.75 Å². The summed E-state index contributed by atoms with van der Waals surface area (Å²) < 4.78 is 0. The second-order valence-electron chi connectivity index (χ2n) is 9.00. The zero-order valence-electron chi connectivity index (χ0n) is 20.0. The molecule has 1 aromatic carbocycles. The summed E-state index contributed by atoms with van der Waals surface area (Å²) in [5, 5.41) is 12.2. The lowest BCUT2D eigenvalue weighted by Crippen LogP contribution is -1.94.